The van der Waals surface area contributed by atoms with E-state index in [2.05, 4.69) is 23.1 Å². The Hall–Kier alpha value is -2.39. The molecule has 116 valence electrons. The van der Waals surface area contributed by atoms with Gasteiger partial charge in [-0.1, -0.05) is 18.3 Å². The molecule has 0 saturated heterocycles. The fourth-order valence-corrected chi connectivity index (χ4v) is 3.56. The largest absolute Gasteiger partial charge is 0.494 e. The van der Waals surface area contributed by atoms with Crippen LogP contribution in [0.1, 0.15) is 42.8 Å². The van der Waals surface area contributed by atoms with Crippen molar-refractivity contribution in [3.63, 3.8) is 0 Å². The van der Waals surface area contributed by atoms with Gasteiger partial charge in [0.1, 0.15) is 22.5 Å². The topological polar surface area (TPSA) is 63.2 Å². The van der Waals surface area contributed by atoms with Gasteiger partial charge in [0, 0.05) is 11.5 Å². The number of aromatic nitrogens is 3. The molecule has 1 saturated carbocycles. The van der Waals surface area contributed by atoms with E-state index in [1.807, 2.05) is 24.3 Å². The number of benzene rings is 1. The molecule has 0 N–H and O–H groups in total. The number of nitrogens with zero attached hydrogens (tertiary/aromatic N) is 4. The minimum Gasteiger partial charge on any atom is -0.494 e. The molecular formula is C17H16N4OS. The van der Waals surface area contributed by atoms with Crippen LogP contribution in [0.15, 0.2) is 24.3 Å². The van der Waals surface area contributed by atoms with Crippen molar-refractivity contribution in [1.82, 2.24) is 14.6 Å². The number of hydrogen-bond acceptors (Lipinski definition) is 5. The van der Waals surface area contributed by atoms with Gasteiger partial charge in [-0.2, -0.15) is 14.9 Å². The molecule has 0 amide bonds. The summed E-state index contributed by atoms with van der Waals surface area (Å²) in [4.78, 5) is 5.43. The molecule has 0 unspecified atom stereocenters. The van der Waals surface area contributed by atoms with Gasteiger partial charge in [0.05, 0.1) is 6.61 Å². The first-order chi connectivity index (χ1) is 11.3. The van der Waals surface area contributed by atoms with E-state index in [9.17, 15) is 5.26 Å². The van der Waals surface area contributed by atoms with Gasteiger partial charge in [0.25, 0.3) is 0 Å². The fourth-order valence-electron chi connectivity index (χ4n) is 2.49. The molecule has 0 aliphatic heterocycles. The molecule has 5 nitrogen and oxygen atoms in total. The Bertz CT molecular complexity index is 884. The summed E-state index contributed by atoms with van der Waals surface area (Å²) in [6.45, 7) is 2.78. The second-order valence-corrected chi connectivity index (χ2v) is 6.69. The van der Waals surface area contributed by atoms with Gasteiger partial charge >= 0.3 is 0 Å². The molecule has 2 aromatic heterocycles. The van der Waals surface area contributed by atoms with Crippen LogP contribution in [0.4, 0.5) is 0 Å². The Morgan fingerprint density at radius 2 is 2.13 bits per heavy atom. The Morgan fingerprint density at radius 3 is 2.78 bits per heavy atom. The maximum absolute atomic E-state index is 9.53. The lowest BCUT2D eigenvalue weighted by atomic mass is 10.1. The van der Waals surface area contributed by atoms with Gasteiger partial charge in [-0.05, 0) is 43.5 Å². The van der Waals surface area contributed by atoms with Crippen molar-refractivity contribution < 1.29 is 4.74 Å². The Kier molecular flexibility index (Phi) is 3.50. The van der Waals surface area contributed by atoms with E-state index >= 15 is 0 Å². The predicted molar refractivity (Wildman–Crippen MR) is 88.8 cm³/mol. The quantitative estimate of drug-likeness (QED) is 0.711. The van der Waals surface area contributed by atoms with Crippen LogP contribution in [0.3, 0.4) is 0 Å². The smallest absolute Gasteiger partial charge is 0.214 e. The first-order valence-corrected chi connectivity index (χ1v) is 8.64. The third kappa shape index (κ3) is 2.57. The highest BCUT2D eigenvalue weighted by Crippen LogP contribution is 2.42. The van der Waals surface area contributed by atoms with E-state index in [4.69, 9.17) is 4.74 Å². The van der Waals surface area contributed by atoms with Crippen LogP contribution in [-0.2, 0) is 0 Å². The zero-order valence-electron chi connectivity index (χ0n) is 12.8. The van der Waals surface area contributed by atoms with Crippen molar-refractivity contribution in [3.8, 4) is 23.1 Å². The average Bonchev–Trinajstić information content (AvgIpc) is 3.26. The van der Waals surface area contributed by atoms with Crippen molar-refractivity contribution in [2.45, 2.75) is 32.1 Å². The highest BCUT2D eigenvalue weighted by molar-refractivity contribution is 7.16. The number of nitriles is 1. The summed E-state index contributed by atoms with van der Waals surface area (Å²) in [7, 11) is 0. The molecular weight excluding hydrogens is 308 g/mol. The summed E-state index contributed by atoms with van der Waals surface area (Å²) in [5, 5.41) is 15.2. The summed E-state index contributed by atoms with van der Waals surface area (Å²) >= 11 is 1.59. The molecule has 0 atom stereocenters. The van der Waals surface area contributed by atoms with Gasteiger partial charge in [0.2, 0.25) is 4.96 Å². The summed E-state index contributed by atoms with van der Waals surface area (Å²) in [6.07, 6.45) is 3.38. The molecule has 1 aromatic carbocycles. The molecule has 1 fully saturated rings. The van der Waals surface area contributed by atoms with Crippen LogP contribution in [0.5, 0.6) is 5.75 Å². The van der Waals surface area contributed by atoms with E-state index in [1.165, 1.54) is 12.8 Å². The van der Waals surface area contributed by atoms with Gasteiger partial charge in [-0.15, -0.1) is 0 Å². The summed E-state index contributed by atoms with van der Waals surface area (Å²) < 4.78 is 7.28. The number of ether oxygens (including phenoxy) is 1. The van der Waals surface area contributed by atoms with Gasteiger partial charge in [0.15, 0.2) is 5.69 Å². The van der Waals surface area contributed by atoms with Gasteiger partial charge < -0.3 is 4.74 Å². The lowest BCUT2D eigenvalue weighted by Crippen LogP contribution is -1.95. The van der Waals surface area contributed by atoms with Gasteiger partial charge in [-0.3, -0.25) is 0 Å². The monoisotopic (exact) mass is 324 g/mol. The maximum Gasteiger partial charge on any atom is 0.214 e. The molecule has 2 heterocycles. The van der Waals surface area contributed by atoms with Crippen molar-refractivity contribution >= 4 is 16.3 Å². The average molecular weight is 324 g/mol. The molecule has 1 aliphatic carbocycles. The van der Waals surface area contributed by atoms with E-state index in [0.29, 0.717) is 23.9 Å². The van der Waals surface area contributed by atoms with E-state index in [-0.39, 0.29) is 0 Å². The SMILES string of the molecule is CCCOc1ccc(-c2nc3sc(C4CC4)nn3c2C#N)cc1. The minimum atomic E-state index is 0.505. The highest BCUT2D eigenvalue weighted by Gasteiger charge is 2.29. The van der Waals surface area contributed by atoms with Crippen LogP contribution in [0.2, 0.25) is 0 Å². The fraction of sp³-hybridized carbons (Fsp3) is 0.353. The van der Waals surface area contributed by atoms with Crippen LogP contribution in [-0.4, -0.2) is 21.2 Å². The zero-order valence-corrected chi connectivity index (χ0v) is 13.6. The third-order valence-corrected chi connectivity index (χ3v) is 4.92. The van der Waals surface area contributed by atoms with Crippen molar-refractivity contribution in [2.24, 2.45) is 0 Å². The maximum atomic E-state index is 9.53. The number of imidazole rings is 1. The summed E-state index contributed by atoms with van der Waals surface area (Å²) in [5.41, 5.74) is 2.11. The van der Waals surface area contributed by atoms with E-state index in [0.717, 1.165) is 27.7 Å². The van der Waals surface area contributed by atoms with Crippen molar-refractivity contribution in [1.29, 1.82) is 5.26 Å². The standard InChI is InChI=1S/C17H16N4OS/c1-2-9-22-13-7-5-11(6-8-13)15-14(10-18)21-17(19-15)23-16(20-21)12-3-4-12/h5-8,12H,2-4,9H2,1H3. The Balaban J connectivity index is 1.70. The highest BCUT2D eigenvalue weighted by atomic mass is 32.1. The second-order valence-electron chi connectivity index (χ2n) is 5.70. The van der Waals surface area contributed by atoms with Crippen LogP contribution in [0.25, 0.3) is 16.2 Å². The molecule has 0 radical (unpaired) electrons. The normalized spacial score (nSPS) is 14.1. The minimum absolute atomic E-state index is 0.505. The lowest BCUT2D eigenvalue weighted by molar-refractivity contribution is 0.317. The first-order valence-electron chi connectivity index (χ1n) is 7.83. The molecule has 0 spiro atoms. The van der Waals surface area contributed by atoms with Crippen LogP contribution in [0, 0.1) is 11.3 Å². The zero-order chi connectivity index (χ0) is 15.8. The molecule has 0 bridgehead atoms. The Morgan fingerprint density at radius 1 is 1.35 bits per heavy atom. The molecule has 3 aromatic rings. The van der Waals surface area contributed by atoms with Crippen molar-refractivity contribution in [2.75, 3.05) is 6.61 Å². The lowest BCUT2D eigenvalue weighted by Gasteiger charge is -2.05. The third-order valence-electron chi connectivity index (χ3n) is 3.85. The first kappa shape index (κ1) is 14.2. The molecule has 6 heteroatoms. The second kappa shape index (κ2) is 5.67. The van der Waals surface area contributed by atoms with Crippen LogP contribution >= 0.6 is 11.3 Å². The van der Waals surface area contributed by atoms with E-state index < -0.39 is 0 Å². The summed E-state index contributed by atoms with van der Waals surface area (Å²) in [6, 6.07) is 9.98. The van der Waals surface area contributed by atoms with E-state index in [1.54, 1.807) is 15.9 Å². The number of fused-ring (bicyclic) bond motifs is 1. The van der Waals surface area contributed by atoms with Crippen LogP contribution < -0.4 is 4.74 Å². The van der Waals surface area contributed by atoms with Crippen molar-refractivity contribution in [3.05, 3.63) is 35.0 Å². The molecule has 4 rings (SSSR count). The number of hydrogen-bond donors (Lipinski definition) is 0. The predicted octanol–water partition coefficient (Wildman–Crippen LogP) is 4.00. The number of rotatable bonds is 5. The summed E-state index contributed by atoms with van der Waals surface area (Å²) in [5.74, 6) is 1.41. The molecule has 1 aliphatic rings. The van der Waals surface area contributed by atoms with Gasteiger partial charge in [-0.25, -0.2) is 4.98 Å². The Labute approximate surface area is 138 Å². The molecule has 23 heavy (non-hydrogen) atoms.